The summed E-state index contributed by atoms with van der Waals surface area (Å²) in [7, 11) is 0. The molecule has 1 N–H and O–H groups in total. The van der Waals surface area contributed by atoms with Gasteiger partial charge >= 0.3 is 0 Å². The second-order valence-corrected chi connectivity index (χ2v) is 8.01. The zero-order chi connectivity index (χ0) is 20.8. The molecule has 8 heteroatoms. The van der Waals surface area contributed by atoms with Crippen LogP contribution >= 0.6 is 11.3 Å². The molecule has 2 aromatic carbocycles. The Labute approximate surface area is 178 Å². The van der Waals surface area contributed by atoms with Gasteiger partial charge < -0.3 is 15.0 Å². The van der Waals surface area contributed by atoms with Crippen molar-refractivity contribution in [2.24, 2.45) is 0 Å². The minimum Gasteiger partial charge on any atom is -0.494 e. The van der Waals surface area contributed by atoms with Crippen molar-refractivity contribution in [1.29, 1.82) is 0 Å². The summed E-state index contributed by atoms with van der Waals surface area (Å²) in [5.74, 6) is 0.732. The third kappa shape index (κ3) is 5.01. The SMILES string of the molecule is O=C(CCCOc1ccccc1)Nc1nnc([C@H]2CC(=O)N(c3ccccc3)C2)s1. The number of benzene rings is 2. The zero-order valence-corrected chi connectivity index (χ0v) is 17.2. The average molecular weight is 423 g/mol. The van der Waals surface area contributed by atoms with Crippen molar-refractivity contribution in [2.75, 3.05) is 23.4 Å². The molecule has 0 saturated carbocycles. The highest BCUT2D eigenvalue weighted by atomic mass is 32.1. The van der Waals surface area contributed by atoms with Crippen molar-refractivity contribution in [3.05, 3.63) is 65.7 Å². The van der Waals surface area contributed by atoms with E-state index in [4.69, 9.17) is 4.74 Å². The molecule has 0 aliphatic carbocycles. The van der Waals surface area contributed by atoms with Gasteiger partial charge in [0.05, 0.1) is 6.61 Å². The fourth-order valence-corrected chi connectivity index (χ4v) is 4.15. The van der Waals surface area contributed by atoms with Gasteiger partial charge in [-0.3, -0.25) is 9.59 Å². The molecule has 4 rings (SSSR count). The van der Waals surface area contributed by atoms with Gasteiger partial charge in [0.1, 0.15) is 10.8 Å². The predicted octanol–water partition coefficient (Wildman–Crippen LogP) is 3.86. The smallest absolute Gasteiger partial charge is 0.227 e. The molecule has 1 aliphatic heterocycles. The van der Waals surface area contributed by atoms with E-state index in [1.54, 1.807) is 4.90 Å². The number of carbonyl (C=O) groups is 2. The lowest BCUT2D eigenvalue weighted by molar-refractivity contribution is -0.117. The molecule has 0 spiro atoms. The lowest BCUT2D eigenvalue weighted by atomic mass is 10.1. The Morgan fingerprint density at radius 1 is 1.10 bits per heavy atom. The lowest BCUT2D eigenvalue weighted by Gasteiger charge is -2.15. The van der Waals surface area contributed by atoms with E-state index in [9.17, 15) is 9.59 Å². The van der Waals surface area contributed by atoms with Crippen LogP contribution in [0.3, 0.4) is 0 Å². The summed E-state index contributed by atoms with van der Waals surface area (Å²) in [5, 5.41) is 12.3. The van der Waals surface area contributed by atoms with Crippen molar-refractivity contribution < 1.29 is 14.3 Å². The van der Waals surface area contributed by atoms with E-state index in [0.29, 0.717) is 37.5 Å². The summed E-state index contributed by atoms with van der Waals surface area (Å²) >= 11 is 1.33. The molecule has 2 heterocycles. The average Bonchev–Trinajstić information content (AvgIpc) is 3.39. The minimum atomic E-state index is -0.122. The quantitative estimate of drug-likeness (QED) is 0.557. The van der Waals surface area contributed by atoms with Crippen molar-refractivity contribution in [3.63, 3.8) is 0 Å². The Hall–Kier alpha value is -3.26. The van der Waals surface area contributed by atoms with E-state index >= 15 is 0 Å². The number of anilines is 2. The number of aromatic nitrogens is 2. The largest absolute Gasteiger partial charge is 0.494 e. The van der Waals surface area contributed by atoms with E-state index < -0.39 is 0 Å². The molecule has 30 heavy (non-hydrogen) atoms. The monoisotopic (exact) mass is 422 g/mol. The van der Waals surface area contributed by atoms with E-state index in [0.717, 1.165) is 16.4 Å². The molecule has 1 aliphatic rings. The lowest BCUT2D eigenvalue weighted by Crippen LogP contribution is -2.24. The van der Waals surface area contributed by atoms with Gasteiger partial charge in [-0.05, 0) is 30.7 Å². The predicted molar refractivity (Wildman–Crippen MR) is 116 cm³/mol. The molecule has 0 radical (unpaired) electrons. The first-order valence-corrected chi connectivity index (χ1v) is 10.7. The maximum atomic E-state index is 12.4. The third-order valence-electron chi connectivity index (χ3n) is 4.79. The second-order valence-electron chi connectivity index (χ2n) is 7.00. The van der Waals surface area contributed by atoms with Crippen LogP contribution in [0.5, 0.6) is 5.75 Å². The number of rotatable bonds is 8. The van der Waals surface area contributed by atoms with Crippen LogP contribution in [0.15, 0.2) is 60.7 Å². The normalized spacial score (nSPS) is 15.9. The summed E-state index contributed by atoms with van der Waals surface area (Å²) in [6.07, 6.45) is 1.34. The Bertz CT molecular complexity index is 994. The highest BCUT2D eigenvalue weighted by Gasteiger charge is 2.33. The van der Waals surface area contributed by atoms with Gasteiger partial charge in [-0.1, -0.05) is 47.7 Å². The zero-order valence-electron chi connectivity index (χ0n) is 16.4. The van der Waals surface area contributed by atoms with Crippen LogP contribution in [0.2, 0.25) is 0 Å². The second kappa shape index (κ2) is 9.49. The van der Waals surface area contributed by atoms with Gasteiger partial charge in [0, 0.05) is 31.0 Å². The van der Waals surface area contributed by atoms with Gasteiger partial charge in [0.15, 0.2) is 0 Å². The molecule has 154 valence electrons. The van der Waals surface area contributed by atoms with Gasteiger partial charge in [0.25, 0.3) is 0 Å². The van der Waals surface area contributed by atoms with E-state index in [2.05, 4.69) is 15.5 Å². The fourth-order valence-electron chi connectivity index (χ4n) is 3.30. The van der Waals surface area contributed by atoms with Crippen LogP contribution in [-0.2, 0) is 9.59 Å². The van der Waals surface area contributed by atoms with Crippen LogP contribution in [-0.4, -0.2) is 35.2 Å². The van der Waals surface area contributed by atoms with E-state index in [1.807, 2.05) is 60.7 Å². The number of carbonyl (C=O) groups excluding carboxylic acids is 2. The molecule has 3 aromatic rings. The summed E-state index contributed by atoms with van der Waals surface area (Å²) in [5.41, 5.74) is 0.890. The molecular formula is C22H22N4O3S. The number of nitrogens with one attached hydrogen (secondary N) is 1. The van der Waals surface area contributed by atoms with Crippen LogP contribution in [0.4, 0.5) is 10.8 Å². The molecule has 1 saturated heterocycles. The first-order valence-electron chi connectivity index (χ1n) is 9.85. The van der Waals surface area contributed by atoms with E-state index in [1.165, 1.54) is 11.3 Å². The Morgan fingerprint density at radius 2 is 1.83 bits per heavy atom. The molecule has 2 amide bonds. The molecule has 1 atom stereocenters. The van der Waals surface area contributed by atoms with Crippen molar-refractivity contribution in [1.82, 2.24) is 10.2 Å². The Kier molecular flexibility index (Phi) is 6.34. The molecule has 0 unspecified atom stereocenters. The van der Waals surface area contributed by atoms with Crippen LogP contribution < -0.4 is 15.0 Å². The highest BCUT2D eigenvalue weighted by molar-refractivity contribution is 7.15. The van der Waals surface area contributed by atoms with E-state index in [-0.39, 0.29) is 17.7 Å². The van der Waals surface area contributed by atoms with Crippen molar-refractivity contribution in [2.45, 2.75) is 25.2 Å². The Balaban J connectivity index is 1.25. The van der Waals surface area contributed by atoms with Gasteiger partial charge in [0.2, 0.25) is 16.9 Å². The summed E-state index contributed by atoms with van der Waals surface area (Å²) in [6, 6.07) is 19.1. The van der Waals surface area contributed by atoms with Crippen molar-refractivity contribution >= 4 is 34.0 Å². The first kappa shape index (κ1) is 20.0. The summed E-state index contributed by atoms with van der Waals surface area (Å²) in [6.45, 7) is 1.04. The fraction of sp³-hybridized carbons (Fsp3) is 0.273. The number of hydrogen-bond donors (Lipinski definition) is 1. The van der Waals surface area contributed by atoms with Gasteiger partial charge in [-0.2, -0.15) is 0 Å². The van der Waals surface area contributed by atoms with Crippen LogP contribution in [0.1, 0.15) is 30.2 Å². The summed E-state index contributed by atoms with van der Waals surface area (Å²) in [4.78, 5) is 26.3. The molecular weight excluding hydrogens is 400 g/mol. The molecule has 1 fully saturated rings. The standard InChI is InChI=1S/C22H22N4O3S/c27-19(12-7-13-29-18-10-5-2-6-11-18)23-22-25-24-21(30-22)16-14-20(28)26(15-16)17-8-3-1-4-9-17/h1-6,8-11,16H,7,12-15H2,(H,23,25,27)/t16-/m0/s1. The number of ether oxygens (including phenoxy) is 1. The van der Waals surface area contributed by atoms with Crippen LogP contribution in [0.25, 0.3) is 0 Å². The van der Waals surface area contributed by atoms with Gasteiger partial charge in [-0.25, -0.2) is 0 Å². The summed E-state index contributed by atoms with van der Waals surface area (Å²) < 4.78 is 5.59. The third-order valence-corrected chi connectivity index (χ3v) is 5.79. The number of para-hydroxylation sites is 2. The van der Waals surface area contributed by atoms with Gasteiger partial charge in [-0.15, -0.1) is 10.2 Å². The number of hydrogen-bond acceptors (Lipinski definition) is 6. The Morgan fingerprint density at radius 3 is 2.60 bits per heavy atom. The molecule has 7 nitrogen and oxygen atoms in total. The topological polar surface area (TPSA) is 84.4 Å². The maximum absolute atomic E-state index is 12.4. The van der Waals surface area contributed by atoms with Crippen molar-refractivity contribution in [3.8, 4) is 5.75 Å². The number of amides is 2. The molecule has 0 bridgehead atoms. The molecule has 1 aromatic heterocycles. The highest BCUT2D eigenvalue weighted by Crippen LogP contribution is 2.34. The van der Waals surface area contributed by atoms with Crippen LogP contribution in [0, 0.1) is 0 Å². The first-order chi connectivity index (χ1) is 14.7. The number of nitrogens with zero attached hydrogens (tertiary/aromatic N) is 3. The maximum Gasteiger partial charge on any atom is 0.227 e. The minimum absolute atomic E-state index is 0.0138.